The third-order valence-electron chi connectivity index (χ3n) is 3.77. The van der Waals surface area contributed by atoms with E-state index in [1.807, 2.05) is 24.3 Å². The molecule has 2 aromatic heterocycles. The van der Waals surface area contributed by atoms with Gasteiger partial charge < -0.3 is 20.6 Å². The highest BCUT2D eigenvalue weighted by molar-refractivity contribution is 5.96. The predicted molar refractivity (Wildman–Crippen MR) is 86.3 cm³/mol. The number of para-hydroxylation sites is 1. The molecule has 0 aliphatic carbocycles. The molecule has 1 atom stereocenters. The number of carboxylic acid groups (broad SMARTS) is 1. The van der Waals surface area contributed by atoms with Gasteiger partial charge in [-0.15, -0.1) is 0 Å². The van der Waals surface area contributed by atoms with Crippen LogP contribution in [0.1, 0.15) is 15.9 Å². The minimum absolute atomic E-state index is 0.152. The first-order valence-electron chi connectivity index (χ1n) is 7.32. The van der Waals surface area contributed by atoms with Gasteiger partial charge in [0.15, 0.2) is 12.4 Å². The molecule has 0 aliphatic heterocycles. The number of pyridine rings is 1. The molecule has 0 saturated carbocycles. The Bertz CT molecular complexity index is 886. The quantitative estimate of drug-likeness (QED) is 0.484. The van der Waals surface area contributed by atoms with Crippen LogP contribution in [-0.4, -0.2) is 28.0 Å². The van der Waals surface area contributed by atoms with Crippen molar-refractivity contribution in [3.8, 4) is 0 Å². The van der Waals surface area contributed by atoms with Crippen LogP contribution in [0.3, 0.4) is 0 Å². The third kappa shape index (κ3) is 3.19. The van der Waals surface area contributed by atoms with Crippen LogP contribution in [0.5, 0.6) is 0 Å². The number of hydrogen-bond acceptors (Lipinski definition) is 3. The Labute approximate surface area is 137 Å². The summed E-state index contributed by atoms with van der Waals surface area (Å²) < 4.78 is 0.553. The molecule has 3 aromatic rings. The van der Waals surface area contributed by atoms with Crippen molar-refractivity contribution in [3.05, 3.63) is 71.3 Å². The Morgan fingerprint density at radius 3 is 2.62 bits per heavy atom. The van der Waals surface area contributed by atoms with Gasteiger partial charge in [-0.25, -0.2) is 4.79 Å². The molecule has 0 aliphatic rings. The zero-order valence-electron chi connectivity index (χ0n) is 12.6. The zero-order valence-corrected chi connectivity index (χ0v) is 12.6. The first-order chi connectivity index (χ1) is 11.5. The molecule has 0 spiro atoms. The van der Waals surface area contributed by atoms with E-state index in [4.69, 9.17) is 0 Å². The maximum atomic E-state index is 12.2. The van der Waals surface area contributed by atoms with Crippen molar-refractivity contribution >= 4 is 22.8 Å². The highest BCUT2D eigenvalue weighted by atomic mass is 16.5. The number of aromatic nitrogens is 2. The first kappa shape index (κ1) is 15.5. The number of hydrogen-bond donors (Lipinski definition) is 3. The Morgan fingerprint density at radius 1 is 1.21 bits per heavy atom. The van der Waals surface area contributed by atoms with E-state index in [-0.39, 0.29) is 12.0 Å². The van der Waals surface area contributed by atoms with Crippen molar-refractivity contribution in [2.45, 2.75) is 12.5 Å². The van der Waals surface area contributed by atoms with E-state index >= 15 is 0 Å². The van der Waals surface area contributed by atoms with E-state index in [2.05, 4.69) is 10.3 Å². The molecule has 0 saturated heterocycles. The molecule has 0 fully saturated rings. The lowest BCUT2D eigenvalue weighted by Gasteiger charge is -2.14. The van der Waals surface area contributed by atoms with E-state index in [0.717, 1.165) is 16.5 Å². The number of carbonyl (C=O) groups excluding carboxylic acids is 1. The minimum Gasteiger partial charge on any atom is -0.619 e. The number of carbonyl (C=O) groups is 2. The molecule has 1 amide bonds. The lowest BCUT2D eigenvalue weighted by Crippen LogP contribution is -2.42. The summed E-state index contributed by atoms with van der Waals surface area (Å²) >= 11 is 0. The van der Waals surface area contributed by atoms with E-state index < -0.39 is 17.9 Å². The Hall–Kier alpha value is -3.35. The van der Waals surface area contributed by atoms with E-state index in [1.165, 1.54) is 24.5 Å². The number of aliphatic carboxylic acids is 1. The molecule has 2 heterocycles. The van der Waals surface area contributed by atoms with E-state index in [9.17, 15) is 19.9 Å². The second-order valence-corrected chi connectivity index (χ2v) is 5.37. The minimum atomic E-state index is -1.12. The molecule has 0 bridgehead atoms. The molecule has 7 nitrogen and oxygen atoms in total. The average molecular weight is 325 g/mol. The highest BCUT2D eigenvalue weighted by Crippen LogP contribution is 2.19. The largest absolute Gasteiger partial charge is 0.619 e. The summed E-state index contributed by atoms with van der Waals surface area (Å²) in [7, 11) is 0. The number of nitrogens with one attached hydrogen (secondary N) is 2. The van der Waals surface area contributed by atoms with E-state index in [1.54, 1.807) is 6.20 Å². The average Bonchev–Trinajstić information content (AvgIpc) is 2.98. The molecule has 3 N–H and O–H groups in total. The van der Waals surface area contributed by atoms with Crippen LogP contribution >= 0.6 is 0 Å². The zero-order chi connectivity index (χ0) is 17.1. The molecule has 1 aromatic carbocycles. The van der Waals surface area contributed by atoms with Gasteiger partial charge in [0.1, 0.15) is 6.04 Å². The molecular formula is C17H15N3O4. The van der Waals surface area contributed by atoms with Gasteiger partial charge in [-0.2, -0.15) is 4.73 Å². The van der Waals surface area contributed by atoms with Gasteiger partial charge in [0.25, 0.3) is 5.91 Å². The summed E-state index contributed by atoms with van der Waals surface area (Å²) in [6.45, 7) is 0. The fraction of sp³-hybridized carbons (Fsp3) is 0.118. The molecule has 7 heteroatoms. The fourth-order valence-corrected chi connectivity index (χ4v) is 2.53. The second kappa shape index (κ2) is 6.41. The van der Waals surface area contributed by atoms with Crippen molar-refractivity contribution in [2.24, 2.45) is 0 Å². The molecule has 24 heavy (non-hydrogen) atoms. The molecule has 0 radical (unpaired) electrons. The number of amides is 1. The number of H-pyrrole nitrogens is 1. The van der Waals surface area contributed by atoms with Crippen LogP contribution in [0.2, 0.25) is 0 Å². The molecule has 122 valence electrons. The van der Waals surface area contributed by atoms with Crippen LogP contribution in [0.25, 0.3) is 10.9 Å². The van der Waals surface area contributed by atoms with Gasteiger partial charge in [-0.3, -0.25) is 4.79 Å². The smallest absolute Gasteiger partial charge is 0.326 e. The highest BCUT2D eigenvalue weighted by Gasteiger charge is 2.22. The van der Waals surface area contributed by atoms with Crippen LogP contribution in [0.4, 0.5) is 0 Å². The maximum Gasteiger partial charge on any atom is 0.326 e. The van der Waals surface area contributed by atoms with Crippen molar-refractivity contribution < 1.29 is 19.4 Å². The maximum absolute atomic E-state index is 12.2. The Morgan fingerprint density at radius 2 is 1.92 bits per heavy atom. The molecular weight excluding hydrogens is 310 g/mol. The fourth-order valence-electron chi connectivity index (χ4n) is 2.53. The second-order valence-electron chi connectivity index (χ2n) is 5.37. The molecule has 3 rings (SSSR count). The summed E-state index contributed by atoms with van der Waals surface area (Å²) in [5.74, 6) is -1.66. The van der Waals surface area contributed by atoms with Gasteiger partial charge in [-0.05, 0) is 11.6 Å². The number of aromatic amines is 1. The van der Waals surface area contributed by atoms with Gasteiger partial charge in [0, 0.05) is 35.7 Å². The summed E-state index contributed by atoms with van der Waals surface area (Å²) in [6.07, 6.45) is 4.27. The van der Waals surface area contributed by atoms with Crippen molar-refractivity contribution in [1.82, 2.24) is 10.3 Å². The summed E-state index contributed by atoms with van der Waals surface area (Å²) in [4.78, 5) is 26.8. The Kier molecular flexibility index (Phi) is 4.15. The normalized spacial score (nSPS) is 12.0. The number of nitrogens with zero attached hydrogens (tertiary/aromatic N) is 1. The van der Waals surface area contributed by atoms with Crippen LogP contribution in [0.15, 0.2) is 55.0 Å². The van der Waals surface area contributed by atoms with Crippen molar-refractivity contribution in [3.63, 3.8) is 0 Å². The van der Waals surface area contributed by atoms with Gasteiger partial charge in [-0.1, -0.05) is 18.2 Å². The van der Waals surface area contributed by atoms with Crippen LogP contribution in [0, 0.1) is 5.21 Å². The molecule has 1 unspecified atom stereocenters. The van der Waals surface area contributed by atoms with Crippen molar-refractivity contribution in [2.75, 3.05) is 0 Å². The first-order valence-corrected chi connectivity index (χ1v) is 7.32. The van der Waals surface area contributed by atoms with Crippen molar-refractivity contribution in [1.29, 1.82) is 0 Å². The van der Waals surface area contributed by atoms with E-state index in [0.29, 0.717) is 4.73 Å². The number of fused-ring (bicyclic) bond motifs is 1. The summed E-state index contributed by atoms with van der Waals surface area (Å²) in [6, 6.07) is 9.16. The topological polar surface area (TPSA) is 109 Å². The number of benzene rings is 1. The number of carboxylic acids is 1. The Balaban J connectivity index is 1.79. The number of rotatable bonds is 5. The monoisotopic (exact) mass is 325 g/mol. The van der Waals surface area contributed by atoms with Gasteiger partial charge >= 0.3 is 5.97 Å². The van der Waals surface area contributed by atoms with Gasteiger partial charge in [0.2, 0.25) is 0 Å². The standard InChI is InChI=1S/C17H15N3O4/c21-16(11-5-7-20(24)8-6-11)19-15(17(22)23)9-12-10-18-14-4-2-1-3-13(12)14/h1-8,10,15,18H,9H2,(H,19,21)(H,22,23). The van der Waals surface area contributed by atoms with Crippen LogP contribution in [-0.2, 0) is 11.2 Å². The summed E-state index contributed by atoms with van der Waals surface area (Å²) in [5, 5.41) is 23.8. The lowest BCUT2D eigenvalue weighted by molar-refractivity contribution is -0.605. The van der Waals surface area contributed by atoms with Gasteiger partial charge in [0.05, 0.1) is 5.56 Å². The third-order valence-corrected chi connectivity index (χ3v) is 3.77. The predicted octanol–water partition coefficient (Wildman–Crippen LogP) is 1.23. The summed E-state index contributed by atoms with van der Waals surface area (Å²) in [5.41, 5.74) is 1.95. The van der Waals surface area contributed by atoms with Crippen LogP contribution < -0.4 is 10.0 Å². The SMILES string of the molecule is O=C(NC(Cc1c[nH]c2ccccc12)C(=O)O)c1cc[n+]([O-])cc1. The lowest BCUT2D eigenvalue weighted by atomic mass is 10.0.